The van der Waals surface area contributed by atoms with E-state index in [-0.39, 0.29) is 11.3 Å². The summed E-state index contributed by atoms with van der Waals surface area (Å²) in [6.45, 7) is 1.82. The molecular weight excluding hydrogens is 506 g/mol. The van der Waals surface area contributed by atoms with Crippen LogP contribution in [0.15, 0.2) is 109 Å². The molecule has 0 spiro atoms. The van der Waals surface area contributed by atoms with Gasteiger partial charge < -0.3 is 14.6 Å². The van der Waals surface area contributed by atoms with Crippen molar-refractivity contribution in [1.29, 1.82) is 0 Å². The number of hydrogen-bond donors (Lipinski definition) is 2. The largest absolute Gasteiger partial charge is 0.478 e. The summed E-state index contributed by atoms with van der Waals surface area (Å²) >= 11 is 0. The summed E-state index contributed by atoms with van der Waals surface area (Å²) in [6.07, 6.45) is 0.735. The molecule has 8 nitrogen and oxygen atoms in total. The number of carboxylic acids is 1. The van der Waals surface area contributed by atoms with E-state index in [9.17, 15) is 14.7 Å². The summed E-state index contributed by atoms with van der Waals surface area (Å²) in [5.41, 5.74) is 4.60. The first-order valence-electron chi connectivity index (χ1n) is 12.6. The monoisotopic (exact) mass is 533 g/mol. The molecule has 8 heteroatoms. The normalized spacial score (nSPS) is 11.4. The van der Waals surface area contributed by atoms with E-state index in [0.29, 0.717) is 11.6 Å². The Labute approximate surface area is 231 Å². The van der Waals surface area contributed by atoms with Crippen molar-refractivity contribution in [2.75, 3.05) is 5.32 Å². The molecule has 0 saturated heterocycles. The van der Waals surface area contributed by atoms with Crippen LogP contribution in [-0.4, -0.2) is 26.9 Å². The Balaban J connectivity index is 1.28. The van der Waals surface area contributed by atoms with Gasteiger partial charge in [0, 0.05) is 12.6 Å². The smallest absolute Gasteiger partial charge is 0.413 e. The molecule has 1 amide bonds. The molecule has 1 heterocycles. The van der Waals surface area contributed by atoms with Gasteiger partial charge in [-0.1, -0.05) is 78.9 Å². The van der Waals surface area contributed by atoms with Crippen molar-refractivity contribution in [3.63, 3.8) is 0 Å². The van der Waals surface area contributed by atoms with Crippen LogP contribution in [0.3, 0.4) is 0 Å². The zero-order valence-electron chi connectivity index (χ0n) is 21.9. The standard InChI is InChI=1S/C32H27N3O5/c1-21(22-8-4-3-5-9-22)39-32(38)34-30-28(20-33-35(30)2)25-14-12-23(13-15-25)24-16-18-26(19-17-24)40-29-11-7-6-10-27(29)31(36)37/h3-21H,1-2H3,(H,34,38)(H,36,37)/t21-/m1/s1. The molecule has 0 aliphatic rings. The molecule has 1 aromatic heterocycles. The molecule has 0 aliphatic carbocycles. The predicted octanol–water partition coefficient (Wildman–Crippen LogP) is 7.55. The van der Waals surface area contributed by atoms with Crippen LogP contribution in [-0.2, 0) is 11.8 Å². The van der Waals surface area contributed by atoms with Crippen molar-refractivity contribution in [2.45, 2.75) is 13.0 Å². The number of carbonyl (C=O) groups excluding carboxylic acids is 1. The lowest BCUT2D eigenvalue weighted by atomic mass is 10.0. The topological polar surface area (TPSA) is 103 Å². The van der Waals surface area contributed by atoms with Gasteiger partial charge in [0.1, 0.15) is 29.0 Å². The first-order valence-corrected chi connectivity index (χ1v) is 12.6. The Morgan fingerprint density at radius 1 is 0.825 bits per heavy atom. The highest BCUT2D eigenvalue weighted by Crippen LogP contribution is 2.32. The van der Waals surface area contributed by atoms with Crippen LogP contribution >= 0.6 is 0 Å². The molecular formula is C32H27N3O5. The van der Waals surface area contributed by atoms with E-state index in [2.05, 4.69) is 10.4 Å². The molecule has 200 valence electrons. The number of ether oxygens (including phenoxy) is 2. The lowest BCUT2D eigenvalue weighted by Gasteiger charge is -2.15. The zero-order chi connectivity index (χ0) is 28.1. The Hall–Kier alpha value is -5.37. The van der Waals surface area contributed by atoms with Gasteiger partial charge in [-0.3, -0.25) is 10.00 Å². The molecule has 0 saturated carbocycles. The number of aromatic nitrogens is 2. The Kier molecular flexibility index (Phi) is 7.59. The number of rotatable bonds is 8. The minimum atomic E-state index is -1.04. The highest BCUT2D eigenvalue weighted by molar-refractivity contribution is 5.91. The summed E-state index contributed by atoms with van der Waals surface area (Å²) in [5, 5.41) is 16.5. The van der Waals surface area contributed by atoms with E-state index in [1.54, 1.807) is 48.3 Å². The summed E-state index contributed by atoms with van der Waals surface area (Å²) in [7, 11) is 1.76. The molecule has 4 aromatic carbocycles. The van der Waals surface area contributed by atoms with Gasteiger partial charge in [-0.05, 0) is 53.4 Å². The SMILES string of the molecule is C[C@@H](OC(=O)Nc1c(-c2ccc(-c3ccc(Oc4ccccc4C(=O)O)cc3)cc2)cnn1C)c1ccccc1. The van der Waals surface area contributed by atoms with Crippen molar-refractivity contribution in [3.05, 3.63) is 120 Å². The first-order chi connectivity index (χ1) is 19.4. The number of anilines is 1. The molecule has 0 aliphatic heterocycles. The number of aryl methyl sites for hydroxylation is 1. The number of carboxylic acid groups (broad SMARTS) is 1. The van der Waals surface area contributed by atoms with Crippen LogP contribution in [0, 0.1) is 0 Å². The van der Waals surface area contributed by atoms with Crippen molar-refractivity contribution in [1.82, 2.24) is 9.78 Å². The van der Waals surface area contributed by atoms with Crippen molar-refractivity contribution in [2.24, 2.45) is 7.05 Å². The average Bonchev–Trinajstić information content (AvgIpc) is 3.33. The highest BCUT2D eigenvalue weighted by atomic mass is 16.6. The third-order valence-electron chi connectivity index (χ3n) is 6.44. The summed E-state index contributed by atoms with van der Waals surface area (Å²) < 4.78 is 13.0. The van der Waals surface area contributed by atoms with Gasteiger partial charge in [-0.15, -0.1) is 0 Å². The fourth-order valence-corrected chi connectivity index (χ4v) is 4.29. The molecule has 0 bridgehead atoms. The minimum Gasteiger partial charge on any atom is -0.478 e. The van der Waals surface area contributed by atoms with Crippen LogP contribution in [0.5, 0.6) is 11.5 Å². The van der Waals surface area contributed by atoms with Gasteiger partial charge in [0.25, 0.3) is 0 Å². The Morgan fingerprint density at radius 2 is 1.43 bits per heavy atom. The van der Waals surface area contributed by atoms with E-state index < -0.39 is 18.2 Å². The van der Waals surface area contributed by atoms with Gasteiger partial charge in [0.05, 0.1) is 6.20 Å². The molecule has 5 aromatic rings. The molecule has 0 fully saturated rings. The number of carbonyl (C=O) groups is 2. The number of hydrogen-bond acceptors (Lipinski definition) is 5. The average molecular weight is 534 g/mol. The number of nitrogens with one attached hydrogen (secondary N) is 1. The van der Waals surface area contributed by atoms with E-state index in [1.165, 1.54) is 6.07 Å². The lowest BCUT2D eigenvalue weighted by molar-refractivity contribution is 0.0694. The fourth-order valence-electron chi connectivity index (χ4n) is 4.29. The maximum Gasteiger partial charge on any atom is 0.413 e. The van der Waals surface area contributed by atoms with Gasteiger partial charge in [0.15, 0.2) is 0 Å². The lowest BCUT2D eigenvalue weighted by Crippen LogP contribution is -2.18. The number of para-hydroxylation sites is 1. The predicted molar refractivity (Wildman–Crippen MR) is 153 cm³/mol. The van der Waals surface area contributed by atoms with Crippen molar-refractivity contribution in [3.8, 4) is 33.8 Å². The second-order valence-electron chi connectivity index (χ2n) is 9.12. The molecule has 1 atom stereocenters. The molecule has 2 N–H and O–H groups in total. The van der Waals surface area contributed by atoms with E-state index in [1.807, 2.05) is 73.7 Å². The highest BCUT2D eigenvalue weighted by Gasteiger charge is 2.17. The fraction of sp³-hybridized carbons (Fsp3) is 0.0938. The van der Waals surface area contributed by atoms with Gasteiger partial charge in [0.2, 0.25) is 0 Å². The van der Waals surface area contributed by atoms with Crippen molar-refractivity contribution < 1.29 is 24.2 Å². The molecule has 0 radical (unpaired) electrons. The van der Waals surface area contributed by atoms with E-state index in [0.717, 1.165) is 27.8 Å². The second kappa shape index (κ2) is 11.6. The summed E-state index contributed by atoms with van der Waals surface area (Å²) in [4.78, 5) is 24.1. The molecule has 5 rings (SSSR count). The molecule has 40 heavy (non-hydrogen) atoms. The second-order valence-corrected chi connectivity index (χ2v) is 9.12. The Morgan fingerprint density at radius 3 is 2.10 bits per heavy atom. The molecule has 0 unspecified atom stereocenters. The van der Waals surface area contributed by atoms with Gasteiger partial charge in [-0.25, -0.2) is 9.59 Å². The van der Waals surface area contributed by atoms with Crippen LogP contribution in [0.2, 0.25) is 0 Å². The Bertz CT molecular complexity index is 1630. The number of amides is 1. The number of aromatic carboxylic acids is 1. The zero-order valence-corrected chi connectivity index (χ0v) is 21.9. The summed E-state index contributed by atoms with van der Waals surface area (Å²) in [6, 6.07) is 31.4. The van der Waals surface area contributed by atoms with E-state index >= 15 is 0 Å². The van der Waals surface area contributed by atoms with Gasteiger partial charge in [-0.2, -0.15) is 5.10 Å². The summed E-state index contributed by atoms with van der Waals surface area (Å²) in [5.74, 6) is 0.305. The van der Waals surface area contributed by atoms with Crippen molar-refractivity contribution >= 4 is 17.9 Å². The van der Waals surface area contributed by atoms with Crippen LogP contribution in [0.4, 0.5) is 10.6 Å². The van der Waals surface area contributed by atoms with Crippen LogP contribution in [0.25, 0.3) is 22.3 Å². The van der Waals surface area contributed by atoms with E-state index in [4.69, 9.17) is 9.47 Å². The number of benzene rings is 4. The third-order valence-corrected chi connectivity index (χ3v) is 6.44. The quantitative estimate of drug-likeness (QED) is 0.213. The van der Waals surface area contributed by atoms with Gasteiger partial charge >= 0.3 is 12.1 Å². The third kappa shape index (κ3) is 5.86. The first kappa shape index (κ1) is 26.2. The van der Waals surface area contributed by atoms with Crippen LogP contribution < -0.4 is 10.1 Å². The van der Waals surface area contributed by atoms with Crippen LogP contribution in [0.1, 0.15) is 28.9 Å². The maximum absolute atomic E-state index is 12.7. The minimum absolute atomic E-state index is 0.102. The number of nitrogens with zero attached hydrogens (tertiary/aromatic N) is 2. The maximum atomic E-state index is 12.7.